The van der Waals surface area contributed by atoms with Crippen LogP contribution in [0, 0.1) is 0 Å². The fourth-order valence-electron chi connectivity index (χ4n) is 4.31. The average molecular weight is 414 g/mol. The van der Waals surface area contributed by atoms with Crippen LogP contribution in [-0.2, 0) is 11.3 Å². The number of tetrazole rings is 1. The van der Waals surface area contributed by atoms with Crippen LogP contribution in [-0.4, -0.2) is 59.1 Å². The Hall–Kier alpha value is -2.78. The number of fused-ring (bicyclic) bond motifs is 1. The molecule has 30 heavy (non-hydrogen) atoms. The van der Waals surface area contributed by atoms with E-state index >= 15 is 0 Å². The maximum atomic E-state index is 13.2. The van der Waals surface area contributed by atoms with E-state index in [0.29, 0.717) is 24.5 Å². The van der Waals surface area contributed by atoms with Crippen molar-refractivity contribution in [2.45, 2.75) is 38.3 Å². The molecule has 0 bridgehead atoms. The van der Waals surface area contributed by atoms with E-state index in [1.807, 2.05) is 24.3 Å². The molecule has 0 aliphatic carbocycles. The molecule has 2 N–H and O–H groups in total. The highest BCUT2D eigenvalue weighted by Gasteiger charge is 2.34. The monoisotopic (exact) mass is 413 g/mol. The zero-order valence-electron chi connectivity index (χ0n) is 17.6. The van der Waals surface area contributed by atoms with Gasteiger partial charge in [-0.25, -0.2) is 4.68 Å². The van der Waals surface area contributed by atoms with E-state index in [9.17, 15) is 4.79 Å². The second-order valence-corrected chi connectivity index (χ2v) is 7.77. The summed E-state index contributed by atoms with van der Waals surface area (Å²) in [7, 11) is 3.30. The Morgan fingerprint density at radius 3 is 2.70 bits per heavy atom. The molecule has 0 saturated carbocycles. The highest BCUT2D eigenvalue weighted by Crippen LogP contribution is 2.22. The number of hydrogen-bond acceptors (Lipinski definition) is 6. The lowest BCUT2D eigenvalue weighted by atomic mass is 10.0. The minimum atomic E-state index is -0.241. The molecule has 1 saturated heterocycles. The van der Waals surface area contributed by atoms with Crippen LogP contribution in [0.25, 0.3) is 10.9 Å². The number of nitrogens with zero attached hydrogens (tertiary/aromatic N) is 4. The van der Waals surface area contributed by atoms with Gasteiger partial charge in [-0.3, -0.25) is 4.79 Å². The number of quaternary nitrogens is 1. The number of benzene rings is 1. The van der Waals surface area contributed by atoms with Gasteiger partial charge in [0.1, 0.15) is 5.75 Å². The summed E-state index contributed by atoms with van der Waals surface area (Å²) in [6.07, 6.45) is 4.70. The predicted octanol–water partition coefficient (Wildman–Crippen LogP) is 0.718. The number of rotatable bonds is 7. The Morgan fingerprint density at radius 2 is 1.97 bits per heavy atom. The molecule has 0 spiro atoms. The van der Waals surface area contributed by atoms with Crippen molar-refractivity contribution in [2.24, 2.45) is 0 Å². The Morgan fingerprint density at radius 1 is 1.17 bits per heavy atom. The van der Waals surface area contributed by atoms with Crippen LogP contribution in [0.3, 0.4) is 0 Å². The van der Waals surface area contributed by atoms with E-state index in [2.05, 4.69) is 20.5 Å². The fourth-order valence-corrected chi connectivity index (χ4v) is 4.31. The molecule has 0 radical (unpaired) electrons. The van der Waals surface area contributed by atoms with Crippen LogP contribution in [0.1, 0.15) is 43.1 Å². The van der Waals surface area contributed by atoms with Crippen molar-refractivity contribution in [2.75, 3.05) is 33.9 Å². The molecule has 1 fully saturated rings. The summed E-state index contributed by atoms with van der Waals surface area (Å²) in [5, 5.41) is 13.4. The Bertz CT molecular complexity index is 1040. The maximum Gasteiger partial charge on any atom is 0.258 e. The van der Waals surface area contributed by atoms with E-state index < -0.39 is 0 Å². The van der Waals surface area contributed by atoms with Gasteiger partial charge in [0.05, 0.1) is 38.9 Å². The second kappa shape index (κ2) is 9.36. The minimum Gasteiger partial charge on any atom is -0.497 e. The summed E-state index contributed by atoms with van der Waals surface area (Å²) in [5.41, 5.74) is 1.37. The molecule has 1 atom stereocenters. The summed E-state index contributed by atoms with van der Waals surface area (Å²) < 4.78 is 12.4. The van der Waals surface area contributed by atoms with Gasteiger partial charge >= 0.3 is 0 Å². The third kappa shape index (κ3) is 4.22. The topological polar surface area (TPSA) is 99.4 Å². The van der Waals surface area contributed by atoms with E-state index in [-0.39, 0.29) is 11.6 Å². The van der Waals surface area contributed by atoms with Gasteiger partial charge in [-0.2, -0.15) is 0 Å². The molecule has 1 aliphatic rings. The first-order chi connectivity index (χ1) is 14.7. The van der Waals surface area contributed by atoms with Crippen molar-refractivity contribution in [1.29, 1.82) is 0 Å². The van der Waals surface area contributed by atoms with Gasteiger partial charge in [0.15, 0.2) is 6.04 Å². The van der Waals surface area contributed by atoms with Crippen molar-refractivity contribution in [3.63, 3.8) is 0 Å². The lowest BCUT2D eigenvalue weighted by molar-refractivity contribution is -0.925. The second-order valence-electron chi connectivity index (χ2n) is 7.77. The number of ether oxygens (including phenoxy) is 2. The molecule has 2 aromatic heterocycles. The molecular weight excluding hydrogens is 384 g/mol. The highest BCUT2D eigenvalue weighted by atomic mass is 16.5. The van der Waals surface area contributed by atoms with Crippen molar-refractivity contribution in [3.05, 3.63) is 46.0 Å². The van der Waals surface area contributed by atoms with Crippen LogP contribution in [0.15, 0.2) is 29.1 Å². The van der Waals surface area contributed by atoms with E-state index in [1.54, 1.807) is 18.9 Å². The first kappa shape index (κ1) is 20.5. The van der Waals surface area contributed by atoms with Crippen molar-refractivity contribution < 1.29 is 14.4 Å². The molecule has 0 unspecified atom stereocenters. The molecule has 0 amide bonds. The number of aromatic nitrogens is 5. The lowest BCUT2D eigenvalue weighted by Crippen LogP contribution is -3.12. The first-order valence-corrected chi connectivity index (χ1v) is 10.5. The van der Waals surface area contributed by atoms with Gasteiger partial charge in [-0.1, -0.05) is 0 Å². The summed E-state index contributed by atoms with van der Waals surface area (Å²) in [6.45, 7) is 3.02. The van der Waals surface area contributed by atoms with Crippen molar-refractivity contribution in [3.8, 4) is 5.75 Å². The molecule has 3 aromatic rings. The van der Waals surface area contributed by atoms with E-state index in [1.165, 1.54) is 17.7 Å². The number of H-pyrrole nitrogens is 1. The number of aromatic amines is 1. The van der Waals surface area contributed by atoms with Gasteiger partial charge in [-0.15, -0.1) is 5.10 Å². The Balaban J connectivity index is 1.84. The SMILES string of the molecule is COCCn1nnnc1[C@@H](c1cc2cc(OC)ccc2[nH]c1=O)[NH+]1CCCCCC1. The van der Waals surface area contributed by atoms with Crippen LogP contribution in [0.4, 0.5) is 0 Å². The molecule has 9 heteroatoms. The van der Waals surface area contributed by atoms with Crippen LogP contribution in [0.2, 0.25) is 0 Å². The predicted molar refractivity (Wildman–Crippen MR) is 112 cm³/mol. The van der Waals surface area contributed by atoms with Gasteiger partial charge in [0.2, 0.25) is 5.82 Å². The van der Waals surface area contributed by atoms with Gasteiger partial charge < -0.3 is 19.4 Å². The fraction of sp³-hybridized carbons (Fsp3) is 0.524. The number of hydrogen-bond donors (Lipinski definition) is 2. The van der Waals surface area contributed by atoms with Crippen LogP contribution in [0.5, 0.6) is 5.75 Å². The summed E-state index contributed by atoms with van der Waals surface area (Å²) in [6, 6.07) is 7.39. The first-order valence-electron chi connectivity index (χ1n) is 10.5. The van der Waals surface area contributed by atoms with Gasteiger partial charge in [-0.05, 0) is 60.4 Å². The minimum absolute atomic E-state index is 0.101. The smallest absolute Gasteiger partial charge is 0.258 e. The average Bonchev–Trinajstić information content (AvgIpc) is 3.05. The molecule has 3 heterocycles. The normalized spacial score (nSPS) is 16.5. The molecule has 1 aliphatic heterocycles. The Kier molecular flexibility index (Phi) is 6.39. The zero-order valence-corrected chi connectivity index (χ0v) is 17.6. The van der Waals surface area contributed by atoms with Gasteiger partial charge in [0, 0.05) is 18.0 Å². The summed E-state index contributed by atoms with van der Waals surface area (Å²) in [4.78, 5) is 17.5. The molecule has 4 rings (SSSR count). The molecule has 1 aromatic carbocycles. The van der Waals surface area contributed by atoms with E-state index in [4.69, 9.17) is 9.47 Å². The van der Waals surface area contributed by atoms with E-state index in [0.717, 1.165) is 42.6 Å². The summed E-state index contributed by atoms with van der Waals surface area (Å²) >= 11 is 0. The van der Waals surface area contributed by atoms with Crippen LogP contribution < -0.4 is 15.2 Å². The largest absolute Gasteiger partial charge is 0.497 e. The molecular formula is C21H29N6O3+. The highest BCUT2D eigenvalue weighted by molar-refractivity contribution is 5.80. The van der Waals surface area contributed by atoms with Crippen molar-refractivity contribution >= 4 is 10.9 Å². The number of pyridine rings is 1. The number of methoxy groups -OCH3 is 2. The third-order valence-corrected chi connectivity index (χ3v) is 5.87. The molecule has 9 nitrogen and oxygen atoms in total. The third-order valence-electron chi connectivity index (χ3n) is 5.87. The quantitative estimate of drug-likeness (QED) is 0.592. The number of nitrogens with one attached hydrogen (secondary N) is 2. The van der Waals surface area contributed by atoms with Crippen LogP contribution >= 0.6 is 0 Å². The maximum absolute atomic E-state index is 13.2. The Labute approximate surface area is 175 Å². The standard InChI is InChI=1S/C21H28N6O3/c1-29-12-11-27-20(23-24-25-27)19(26-9-5-3-4-6-10-26)17-14-15-13-16(30-2)7-8-18(15)22-21(17)28/h7-8,13-14,19H,3-6,9-12H2,1-2H3,(H,22,28)/p+1/t19-/m1/s1. The molecule has 160 valence electrons. The van der Waals surface area contributed by atoms with Gasteiger partial charge in [0.25, 0.3) is 5.56 Å². The lowest BCUT2D eigenvalue weighted by Gasteiger charge is -2.26. The summed E-state index contributed by atoms with van der Waals surface area (Å²) in [5.74, 6) is 1.46. The zero-order chi connectivity index (χ0) is 20.9. The van der Waals surface area contributed by atoms with Crippen molar-refractivity contribution in [1.82, 2.24) is 25.2 Å². The number of likely N-dealkylation sites (tertiary alicyclic amines) is 1.